The van der Waals surface area contributed by atoms with Gasteiger partial charge in [-0.1, -0.05) is 198 Å². The summed E-state index contributed by atoms with van der Waals surface area (Å²) in [5.74, 6) is 0. The Morgan fingerprint density at radius 2 is 0.667 bits per heavy atom. The molecular formula is C90H96N3+3. The van der Waals surface area contributed by atoms with Crippen molar-refractivity contribution >= 4 is 32.3 Å². The lowest BCUT2D eigenvalue weighted by molar-refractivity contribution is -0.660. The van der Waals surface area contributed by atoms with Gasteiger partial charge in [0.25, 0.3) is 0 Å². The number of aryl methyl sites for hydroxylation is 7. The first-order valence-electron chi connectivity index (χ1n) is 37.6. The van der Waals surface area contributed by atoms with Crippen LogP contribution in [0.2, 0.25) is 0 Å². The highest BCUT2D eigenvalue weighted by Crippen LogP contribution is 2.60. The predicted molar refractivity (Wildman–Crippen MR) is 395 cm³/mol. The van der Waals surface area contributed by atoms with Crippen molar-refractivity contribution in [3.63, 3.8) is 0 Å². The van der Waals surface area contributed by atoms with E-state index < -0.39 is 20.6 Å². The second kappa shape index (κ2) is 22.2. The van der Waals surface area contributed by atoms with Gasteiger partial charge in [0.15, 0.2) is 18.6 Å². The van der Waals surface area contributed by atoms with E-state index in [-0.39, 0.29) is 32.5 Å². The number of fused-ring (bicyclic) bond motifs is 14. The Kier molecular flexibility index (Phi) is 12.6. The molecule has 0 unspecified atom stereocenters. The molecule has 9 aromatic carbocycles. The lowest BCUT2D eigenvalue weighted by atomic mass is 9.54. The summed E-state index contributed by atoms with van der Waals surface area (Å²) >= 11 is 0. The molecular weight excluding hydrogens is 1120 g/mol. The maximum atomic E-state index is 7.76. The molecule has 12 aromatic rings. The fourth-order valence-electron chi connectivity index (χ4n) is 16.6. The van der Waals surface area contributed by atoms with Crippen LogP contribution in [0.15, 0.2) is 201 Å². The van der Waals surface area contributed by atoms with Gasteiger partial charge in [-0.3, -0.25) is 0 Å². The summed E-state index contributed by atoms with van der Waals surface area (Å²) in [6, 6.07) is 64.4. The van der Waals surface area contributed by atoms with Crippen molar-refractivity contribution in [2.75, 3.05) is 0 Å². The highest BCUT2D eigenvalue weighted by molar-refractivity contribution is 6.02. The highest BCUT2D eigenvalue weighted by atomic mass is 14.9. The molecule has 0 amide bonds. The zero-order chi connectivity index (χ0) is 73.9. The van der Waals surface area contributed by atoms with Crippen LogP contribution in [0.4, 0.5) is 0 Å². The van der Waals surface area contributed by atoms with Gasteiger partial charge >= 0.3 is 0 Å². The molecule has 3 nitrogen and oxygen atoms in total. The zero-order valence-electron chi connectivity index (χ0n) is 66.9. The van der Waals surface area contributed by atoms with Gasteiger partial charge in [-0.25, -0.2) is 13.7 Å². The number of hydrogen-bond acceptors (Lipinski definition) is 0. The van der Waals surface area contributed by atoms with E-state index >= 15 is 0 Å². The third-order valence-corrected chi connectivity index (χ3v) is 23.7. The second-order valence-electron chi connectivity index (χ2n) is 30.2. The number of aromatic nitrogens is 3. The minimum Gasteiger partial charge on any atom is -0.201 e. The van der Waals surface area contributed by atoms with Crippen LogP contribution in [-0.2, 0) is 53.6 Å². The van der Waals surface area contributed by atoms with E-state index in [1.54, 1.807) is 36.8 Å². The maximum absolute atomic E-state index is 7.76. The molecule has 0 fully saturated rings. The van der Waals surface area contributed by atoms with E-state index in [4.69, 9.17) is 12.3 Å². The van der Waals surface area contributed by atoms with Crippen LogP contribution in [0, 0.1) is 41.3 Å². The van der Waals surface area contributed by atoms with Crippen LogP contribution in [0.5, 0.6) is 0 Å². The van der Waals surface area contributed by atoms with Crippen LogP contribution in [0.25, 0.3) is 99.5 Å². The molecule has 0 bridgehead atoms. The Hall–Kier alpha value is -8.79. The molecule has 0 atom stereocenters. The average Bonchev–Trinajstić information content (AvgIpc) is 0.709. The fourth-order valence-corrected chi connectivity index (χ4v) is 16.6. The van der Waals surface area contributed by atoms with E-state index in [9.17, 15) is 0 Å². The van der Waals surface area contributed by atoms with E-state index in [2.05, 4.69) is 249 Å². The summed E-state index contributed by atoms with van der Waals surface area (Å²) in [6.07, 6.45) is 5.20. The van der Waals surface area contributed by atoms with Gasteiger partial charge in [0.2, 0.25) is 17.1 Å². The minimum absolute atomic E-state index is 0.0702. The van der Waals surface area contributed by atoms with Crippen LogP contribution >= 0.6 is 0 Å². The summed E-state index contributed by atoms with van der Waals surface area (Å²) in [6.45, 7) is 28.6. The Morgan fingerprint density at radius 1 is 0.290 bits per heavy atom. The predicted octanol–water partition coefficient (Wildman–Crippen LogP) is 21.6. The molecule has 0 saturated carbocycles. The van der Waals surface area contributed by atoms with E-state index in [0.29, 0.717) is 16.7 Å². The van der Waals surface area contributed by atoms with Crippen molar-refractivity contribution < 1.29 is 26.0 Å². The number of benzene rings is 9. The lowest BCUT2D eigenvalue weighted by Gasteiger charge is -2.49. The van der Waals surface area contributed by atoms with Crippen LogP contribution in [0.1, 0.15) is 162 Å². The first-order valence-corrected chi connectivity index (χ1v) is 33.1. The lowest BCUT2D eigenvalue weighted by Crippen LogP contribution is -2.44. The molecule has 3 aliphatic rings. The number of nitrogens with zero attached hydrogens (tertiary/aromatic N) is 3. The van der Waals surface area contributed by atoms with Gasteiger partial charge in [-0.15, -0.1) is 0 Å². The van der Waals surface area contributed by atoms with Crippen molar-refractivity contribution in [2.45, 2.75) is 157 Å². The molecule has 0 aliphatic heterocycles. The quantitative estimate of drug-likeness (QED) is 0.156. The molecule has 0 N–H and O–H groups in total. The van der Waals surface area contributed by atoms with Crippen molar-refractivity contribution in [3.8, 4) is 67.2 Å². The first kappa shape index (κ1) is 52.7. The normalized spacial score (nSPS) is 17.9. The first-order chi connectivity index (χ1) is 47.5. The van der Waals surface area contributed by atoms with Crippen LogP contribution in [0.3, 0.4) is 0 Å². The standard InChI is InChI=1S/3C30H32N/c1-19-12-17-26(31(7)18-19)22-15-16-24-25-14-13-21-10-8-9-11-23(21)28(25)30(5,6)29(3,4)27(24)20(22)2;1-19-12-15-27(31(7)18-19)23-13-14-24-25-16-21-10-8-9-11-22(21)17-26(25)29(3,4)30(5,6)28(24)20(23)2;1-19-12-15-27(31(7)18-19)23-17-26-24(16-20(23)2)28-22-11-9-8-10-21(22)13-14-25(28)29(3,4)30(26,5)6/h3*8-18H,1-7H3/q3*+1/i3*1D3. The molecule has 93 heavy (non-hydrogen) atoms. The van der Waals surface area contributed by atoms with Crippen molar-refractivity contribution in [1.29, 1.82) is 0 Å². The Morgan fingerprint density at radius 3 is 1.19 bits per heavy atom. The fraction of sp³-hybridized carbons (Fsp3) is 0.300. The SMILES string of the molecule is [2H]C([2H])([2H])c1ccc(-c2cc3c(cc2C)-c2c(ccc4ccccc24)C(C)(C)C3(C)C)[n+](C)c1.[2H]C([2H])([2H])c1ccc(-c2ccc3c(c2C)C(C)(C)C(C)(C)c2c-3ccc3ccccc23)[n+](C)c1.[2H]C([2H])([2H])c1ccc(-c2ccc3c(c2C)C(C)(C)C(C)(C)c2cc4ccccc4cc2-3)[n+](C)c1. The Labute approximate surface area is 568 Å². The molecule has 468 valence electrons. The van der Waals surface area contributed by atoms with E-state index in [1.807, 2.05) is 53.0 Å². The van der Waals surface area contributed by atoms with Crippen molar-refractivity contribution in [2.24, 2.45) is 21.1 Å². The molecule has 3 aliphatic carbocycles. The van der Waals surface area contributed by atoms with Gasteiger partial charge in [0.05, 0.1) is 0 Å². The van der Waals surface area contributed by atoms with Crippen molar-refractivity contribution in [1.82, 2.24) is 0 Å². The molecule has 3 heterocycles. The smallest absolute Gasteiger partial charge is 0.201 e. The zero-order valence-corrected chi connectivity index (χ0v) is 57.9. The summed E-state index contributed by atoms with van der Waals surface area (Å²) in [5.41, 5.74) is 26.9. The molecule has 0 radical (unpaired) electrons. The third kappa shape index (κ3) is 9.67. The van der Waals surface area contributed by atoms with Gasteiger partial charge < -0.3 is 0 Å². The van der Waals surface area contributed by atoms with E-state index in [1.165, 1.54) is 116 Å². The number of pyridine rings is 3. The van der Waals surface area contributed by atoms with E-state index in [0.717, 1.165) is 33.8 Å². The Balaban J connectivity index is 0.000000137. The molecule has 0 spiro atoms. The maximum Gasteiger partial charge on any atom is 0.212 e. The molecule has 15 rings (SSSR count). The molecule has 3 heteroatoms. The summed E-state index contributed by atoms with van der Waals surface area (Å²) in [4.78, 5) is 0. The summed E-state index contributed by atoms with van der Waals surface area (Å²) < 4.78 is 75.6. The summed E-state index contributed by atoms with van der Waals surface area (Å²) in [7, 11) is 5.79. The highest BCUT2D eigenvalue weighted by Gasteiger charge is 2.50. The molecule has 3 aromatic heterocycles. The van der Waals surface area contributed by atoms with Gasteiger partial charge in [-0.05, 0) is 233 Å². The summed E-state index contributed by atoms with van der Waals surface area (Å²) in [5, 5.41) is 7.71. The second-order valence-corrected chi connectivity index (χ2v) is 30.2. The third-order valence-electron chi connectivity index (χ3n) is 23.7. The van der Waals surface area contributed by atoms with Crippen LogP contribution < -0.4 is 13.7 Å². The topological polar surface area (TPSA) is 11.6 Å². The van der Waals surface area contributed by atoms with Gasteiger partial charge in [-0.2, -0.15) is 0 Å². The molecule has 0 saturated heterocycles. The minimum atomic E-state index is -2.11. The van der Waals surface area contributed by atoms with Crippen molar-refractivity contribution in [3.05, 3.63) is 267 Å². The largest absolute Gasteiger partial charge is 0.212 e. The monoisotopic (exact) mass is 1230 g/mol. The average molecular weight is 1230 g/mol. The van der Waals surface area contributed by atoms with Gasteiger partial charge in [0.1, 0.15) is 21.1 Å². The van der Waals surface area contributed by atoms with Crippen LogP contribution in [-0.4, -0.2) is 0 Å². The van der Waals surface area contributed by atoms with Gasteiger partial charge in [0, 0.05) is 69.3 Å². The Bertz CT molecular complexity index is 5320. The number of hydrogen-bond donors (Lipinski definition) is 0. The number of rotatable bonds is 3.